The lowest BCUT2D eigenvalue weighted by atomic mass is 9.66. The van der Waals surface area contributed by atoms with Gasteiger partial charge in [0.2, 0.25) is 0 Å². The zero-order valence-electron chi connectivity index (χ0n) is 21.5. The molecule has 0 fully saturated rings. The third-order valence-corrected chi connectivity index (χ3v) is 7.01. The molecule has 1 aliphatic carbocycles. The fraction of sp³-hybridized carbons (Fsp3) is 0.567. The van der Waals surface area contributed by atoms with Gasteiger partial charge in [0, 0.05) is 0 Å². The van der Waals surface area contributed by atoms with Crippen LogP contribution in [0.25, 0.3) is 6.08 Å². The van der Waals surface area contributed by atoms with Crippen LogP contribution in [0.15, 0.2) is 42.0 Å². The Labute approximate surface area is 191 Å². The molecule has 0 bridgehead atoms. The first-order valence-corrected chi connectivity index (χ1v) is 12.2. The Hall–Kier alpha value is -1.89. The average Bonchev–Trinajstić information content (AvgIpc) is 2.70. The van der Waals surface area contributed by atoms with Gasteiger partial charge in [-0.25, -0.2) is 0 Å². The van der Waals surface area contributed by atoms with Crippen LogP contribution in [-0.4, -0.2) is 5.78 Å². The van der Waals surface area contributed by atoms with Crippen LogP contribution in [0.3, 0.4) is 0 Å². The number of benzene rings is 1. The van der Waals surface area contributed by atoms with E-state index in [9.17, 15) is 4.79 Å². The highest BCUT2D eigenvalue weighted by molar-refractivity contribution is 6.00. The summed E-state index contributed by atoms with van der Waals surface area (Å²) >= 11 is 0. The first-order chi connectivity index (χ1) is 14.4. The van der Waals surface area contributed by atoms with Gasteiger partial charge >= 0.3 is 0 Å². The molecule has 1 atom stereocenters. The molecule has 1 aromatic carbocycles. The summed E-state index contributed by atoms with van der Waals surface area (Å²) in [4.78, 5) is 13.7. The largest absolute Gasteiger partial charge is 0.294 e. The minimum Gasteiger partial charge on any atom is -0.294 e. The molecule has 0 N–H and O–H groups in total. The predicted octanol–water partition coefficient (Wildman–Crippen LogP) is 8.82. The van der Waals surface area contributed by atoms with Gasteiger partial charge in [0.15, 0.2) is 5.78 Å². The van der Waals surface area contributed by atoms with E-state index in [4.69, 9.17) is 0 Å². The standard InChI is InChI=1S/C30H44O/c1-19(2)24-12-11-15-30(18-24,23(9)10)29(31)14-13-26-27(21(5)6)16-25(20(3)4)17-28(26)22(7)8/h11-17,19-23H,18H2,1-10H3/b14-13+. The number of carbonyl (C=O) groups is 1. The van der Waals surface area contributed by atoms with Crippen molar-refractivity contribution in [3.05, 3.63) is 64.3 Å². The maximum atomic E-state index is 13.7. The van der Waals surface area contributed by atoms with Crippen LogP contribution in [0.1, 0.15) is 116 Å². The van der Waals surface area contributed by atoms with Crippen molar-refractivity contribution < 1.29 is 4.79 Å². The first-order valence-electron chi connectivity index (χ1n) is 12.2. The molecule has 0 spiro atoms. The summed E-state index contributed by atoms with van der Waals surface area (Å²) in [5.41, 5.74) is 6.24. The Morgan fingerprint density at radius 3 is 1.81 bits per heavy atom. The van der Waals surface area contributed by atoms with Crippen LogP contribution in [0, 0.1) is 17.3 Å². The van der Waals surface area contributed by atoms with Crippen molar-refractivity contribution in [2.24, 2.45) is 17.3 Å². The number of hydrogen-bond acceptors (Lipinski definition) is 1. The monoisotopic (exact) mass is 420 g/mol. The van der Waals surface area contributed by atoms with E-state index in [1.807, 2.05) is 6.08 Å². The van der Waals surface area contributed by atoms with Gasteiger partial charge in [0.05, 0.1) is 5.41 Å². The van der Waals surface area contributed by atoms with Crippen LogP contribution in [0.4, 0.5) is 0 Å². The third kappa shape index (κ3) is 5.48. The molecule has 1 nitrogen and oxygen atoms in total. The molecule has 1 aromatic rings. The highest BCUT2D eigenvalue weighted by atomic mass is 16.1. The number of carbonyl (C=O) groups excluding carboxylic acids is 1. The van der Waals surface area contributed by atoms with Crippen molar-refractivity contribution in [2.45, 2.75) is 93.4 Å². The Balaban J connectivity index is 2.54. The van der Waals surface area contributed by atoms with Crippen molar-refractivity contribution in [3.63, 3.8) is 0 Å². The fourth-order valence-corrected chi connectivity index (χ4v) is 4.56. The van der Waals surface area contributed by atoms with Gasteiger partial charge in [-0.2, -0.15) is 0 Å². The highest BCUT2D eigenvalue weighted by Crippen LogP contribution is 2.42. The van der Waals surface area contributed by atoms with E-state index >= 15 is 0 Å². The molecule has 0 heterocycles. The van der Waals surface area contributed by atoms with E-state index in [1.165, 1.54) is 27.8 Å². The second kappa shape index (κ2) is 10.2. The fourth-order valence-electron chi connectivity index (χ4n) is 4.56. The molecule has 1 heteroatoms. The molecule has 0 radical (unpaired) electrons. The molecule has 0 aromatic heterocycles. The van der Waals surface area contributed by atoms with Crippen molar-refractivity contribution in [1.82, 2.24) is 0 Å². The smallest absolute Gasteiger partial charge is 0.166 e. The van der Waals surface area contributed by atoms with Gasteiger partial charge < -0.3 is 0 Å². The summed E-state index contributed by atoms with van der Waals surface area (Å²) < 4.78 is 0. The maximum absolute atomic E-state index is 13.7. The van der Waals surface area contributed by atoms with Gasteiger partial charge in [-0.15, -0.1) is 0 Å². The van der Waals surface area contributed by atoms with Gasteiger partial charge in [-0.1, -0.05) is 111 Å². The lowest BCUT2D eigenvalue weighted by Crippen LogP contribution is -2.35. The number of hydrogen-bond donors (Lipinski definition) is 0. The lowest BCUT2D eigenvalue weighted by Gasteiger charge is -2.36. The Morgan fingerprint density at radius 1 is 0.839 bits per heavy atom. The molecule has 0 aliphatic heterocycles. The molecular weight excluding hydrogens is 376 g/mol. The van der Waals surface area contributed by atoms with Gasteiger partial charge in [0.1, 0.15) is 0 Å². The number of allylic oxidation sites excluding steroid dienone is 5. The Bertz CT molecular complexity index is 845. The molecule has 31 heavy (non-hydrogen) atoms. The highest BCUT2D eigenvalue weighted by Gasteiger charge is 2.39. The van der Waals surface area contributed by atoms with Crippen molar-refractivity contribution >= 4 is 11.9 Å². The molecule has 0 saturated heterocycles. The average molecular weight is 421 g/mol. The molecule has 1 aliphatic rings. The van der Waals surface area contributed by atoms with E-state index in [-0.39, 0.29) is 11.7 Å². The molecule has 0 amide bonds. The van der Waals surface area contributed by atoms with E-state index in [0.29, 0.717) is 23.7 Å². The molecule has 170 valence electrons. The SMILES string of the molecule is CC(C)C1=CC=CC(C(=O)/C=C/c2c(C(C)C)cc(C(C)C)cc2C(C)C)(C(C)C)C1. The first kappa shape index (κ1) is 25.4. The maximum Gasteiger partial charge on any atom is 0.166 e. The summed E-state index contributed by atoms with van der Waals surface area (Å²) in [7, 11) is 0. The van der Waals surface area contributed by atoms with E-state index < -0.39 is 5.41 Å². The van der Waals surface area contributed by atoms with Crippen molar-refractivity contribution in [2.75, 3.05) is 0 Å². The second-order valence-corrected chi connectivity index (χ2v) is 10.9. The number of ketones is 1. The zero-order chi connectivity index (χ0) is 23.5. The van der Waals surface area contributed by atoms with Gasteiger partial charge in [-0.05, 0) is 64.3 Å². The molecule has 0 saturated carbocycles. The summed E-state index contributed by atoms with van der Waals surface area (Å²) in [5.74, 6) is 2.25. The Kier molecular flexibility index (Phi) is 8.31. The summed E-state index contributed by atoms with van der Waals surface area (Å²) in [6.07, 6.45) is 11.2. The van der Waals surface area contributed by atoms with Crippen molar-refractivity contribution in [3.8, 4) is 0 Å². The third-order valence-electron chi connectivity index (χ3n) is 7.01. The minimum absolute atomic E-state index is 0.224. The summed E-state index contributed by atoms with van der Waals surface area (Å²) in [5, 5.41) is 0. The van der Waals surface area contributed by atoms with Gasteiger partial charge in [0.25, 0.3) is 0 Å². The lowest BCUT2D eigenvalue weighted by molar-refractivity contribution is -0.123. The predicted molar refractivity (Wildman–Crippen MR) is 137 cm³/mol. The van der Waals surface area contributed by atoms with Crippen LogP contribution in [0.5, 0.6) is 0 Å². The van der Waals surface area contributed by atoms with E-state index in [0.717, 1.165) is 6.42 Å². The summed E-state index contributed by atoms with van der Waals surface area (Å²) in [6.45, 7) is 22.3. The molecule has 2 rings (SSSR count). The molecule has 1 unspecified atom stereocenters. The minimum atomic E-state index is -0.446. The summed E-state index contributed by atoms with van der Waals surface area (Å²) in [6, 6.07) is 4.70. The van der Waals surface area contributed by atoms with Crippen molar-refractivity contribution in [1.29, 1.82) is 0 Å². The normalized spacial score (nSPS) is 19.5. The van der Waals surface area contributed by atoms with Crippen LogP contribution in [-0.2, 0) is 4.79 Å². The molecular formula is C30H44O. The zero-order valence-corrected chi connectivity index (χ0v) is 21.5. The number of rotatable bonds is 8. The van der Waals surface area contributed by atoms with Crippen LogP contribution in [0.2, 0.25) is 0 Å². The Morgan fingerprint density at radius 2 is 1.39 bits per heavy atom. The topological polar surface area (TPSA) is 17.1 Å². The van der Waals surface area contributed by atoms with Crippen LogP contribution < -0.4 is 0 Å². The quantitative estimate of drug-likeness (QED) is 0.384. The van der Waals surface area contributed by atoms with Crippen LogP contribution >= 0.6 is 0 Å². The second-order valence-electron chi connectivity index (χ2n) is 10.9. The van der Waals surface area contributed by atoms with Gasteiger partial charge in [-0.3, -0.25) is 4.79 Å². The van der Waals surface area contributed by atoms with E-state index in [1.54, 1.807) is 0 Å². The van der Waals surface area contributed by atoms with E-state index in [2.05, 4.69) is 106 Å².